The van der Waals surface area contributed by atoms with Crippen molar-refractivity contribution in [2.24, 2.45) is 0 Å². The van der Waals surface area contributed by atoms with E-state index in [-0.39, 0.29) is 11.9 Å². The lowest BCUT2D eigenvalue weighted by Crippen LogP contribution is -2.24. The number of nitrogens with zero attached hydrogens (tertiary/aromatic N) is 7. The molecule has 3 aromatic rings. The number of aromatic nitrogens is 5. The zero-order valence-electron chi connectivity index (χ0n) is 15.2. The second kappa shape index (κ2) is 6.29. The van der Waals surface area contributed by atoms with Crippen LogP contribution in [0.4, 0.5) is 11.5 Å². The van der Waals surface area contributed by atoms with E-state index in [2.05, 4.69) is 20.0 Å². The van der Waals surface area contributed by atoms with Gasteiger partial charge in [-0.15, -0.1) is 0 Å². The van der Waals surface area contributed by atoms with Crippen LogP contribution in [-0.4, -0.2) is 50.3 Å². The van der Waals surface area contributed by atoms with Gasteiger partial charge in [-0.25, -0.2) is 9.97 Å². The summed E-state index contributed by atoms with van der Waals surface area (Å²) in [6.45, 7) is 4.46. The van der Waals surface area contributed by atoms with E-state index in [4.69, 9.17) is 4.98 Å². The van der Waals surface area contributed by atoms with Crippen LogP contribution in [0.15, 0.2) is 30.9 Å². The van der Waals surface area contributed by atoms with Gasteiger partial charge in [0.1, 0.15) is 11.6 Å². The molecule has 0 aliphatic carbocycles. The Morgan fingerprint density at radius 2 is 2.11 bits per heavy atom. The highest BCUT2D eigenvalue weighted by Crippen LogP contribution is 2.31. The standard InChI is InChI=1S/C19H21N7O/c1-13-22-17-10-20-6-4-16(17)19(23-13)24-8-5-14(11-24)26-12-15(9-21-26)25-7-2-3-18(25)27/h4,6,9-10,12,14H,2-3,5,7-8,11H2,1H3. The Hall–Kier alpha value is -3.03. The average Bonchev–Trinajstić information content (AvgIpc) is 3.40. The van der Waals surface area contributed by atoms with E-state index in [0.717, 1.165) is 60.7 Å². The van der Waals surface area contributed by atoms with E-state index in [1.54, 1.807) is 12.4 Å². The van der Waals surface area contributed by atoms with Crippen molar-refractivity contribution in [2.45, 2.75) is 32.2 Å². The van der Waals surface area contributed by atoms with Crippen molar-refractivity contribution < 1.29 is 4.79 Å². The molecule has 0 saturated carbocycles. The molecule has 5 rings (SSSR count). The minimum Gasteiger partial charge on any atom is -0.354 e. The van der Waals surface area contributed by atoms with E-state index >= 15 is 0 Å². The van der Waals surface area contributed by atoms with E-state index in [9.17, 15) is 4.79 Å². The van der Waals surface area contributed by atoms with Crippen LogP contribution in [0.2, 0.25) is 0 Å². The van der Waals surface area contributed by atoms with Crippen molar-refractivity contribution in [1.29, 1.82) is 0 Å². The number of anilines is 2. The van der Waals surface area contributed by atoms with E-state index in [0.29, 0.717) is 6.42 Å². The maximum absolute atomic E-state index is 12.0. The topological polar surface area (TPSA) is 80.0 Å². The SMILES string of the molecule is Cc1nc(N2CCC(n3cc(N4CCCC4=O)cn3)C2)c2ccncc2n1. The Bertz CT molecular complexity index is 1010. The zero-order chi connectivity index (χ0) is 18.4. The van der Waals surface area contributed by atoms with Crippen LogP contribution < -0.4 is 9.80 Å². The lowest BCUT2D eigenvalue weighted by Gasteiger charge is -2.19. The predicted molar refractivity (Wildman–Crippen MR) is 102 cm³/mol. The molecule has 138 valence electrons. The third-order valence-electron chi connectivity index (χ3n) is 5.40. The summed E-state index contributed by atoms with van der Waals surface area (Å²) in [6.07, 6.45) is 9.93. The summed E-state index contributed by atoms with van der Waals surface area (Å²) >= 11 is 0. The molecule has 5 heterocycles. The summed E-state index contributed by atoms with van der Waals surface area (Å²) in [4.78, 5) is 29.4. The fraction of sp³-hybridized carbons (Fsp3) is 0.421. The predicted octanol–water partition coefficient (Wildman–Crippen LogP) is 2.11. The molecule has 2 aliphatic rings. The average molecular weight is 363 g/mol. The van der Waals surface area contributed by atoms with E-state index in [1.807, 2.05) is 35.0 Å². The normalized spacial score (nSPS) is 20.2. The minimum absolute atomic E-state index is 0.194. The van der Waals surface area contributed by atoms with E-state index < -0.39 is 0 Å². The second-order valence-corrected chi connectivity index (χ2v) is 7.20. The minimum atomic E-state index is 0.194. The van der Waals surface area contributed by atoms with Crippen LogP contribution >= 0.6 is 0 Å². The summed E-state index contributed by atoms with van der Waals surface area (Å²) in [5, 5.41) is 5.57. The Kier molecular flexibility index (Phi) is 3.77. The van der Waals surface area contributed by atoms with Crippen molar-refractivity contribution in [3.63, 3.8) is 0 Å². The molecular weight excluding hydrogens is 342 g/mol. The summed E-state index contributed by atoms with van der Waals surface area (Å²) in [6, 6.07) is 2.24. The molecule has 3 aromatic heterocycles. The van der Waals surface area contributed by atoms with Crippen molar-refractivity contribution in [3.05, 3.63) is 36.7 Å². The summed E-state index contributed by atoms with van der Waals surface area (Å²) in [5.74, 6) is 1.91. The molecule has 0 N–H and O–H groups in total. The number of pyridine rings is 1. The summed E-state index contributed by atoms with van der Waals surface area (Å²) < 4.78 is 2.00. The van der Waals surface area contributed by atoms with Crippen LogP contribution in [-0.2, 0) is 4.79 Å². The van der Waals surface area contributed by atoms with Gasteiger partial charge in [-0.1, -0.05) is 0 Å². The van der Waals surface area contributed by atoms with Crippen LogP contribution in [0.3, 0.4) is 0 Å². The molecule has 8 heteroatoms. The van der Waals surface area contributed by atoms with Gasteiger partial charge in [0.15, 0.2) is 0 Å². The Balaban J connectivity index is 1.39. The molecule has 27 heavy (non-hydrogen) atoms. The molecule has 0 bridgehead atoms. The highest BCUT2D eigenvalue weighted by Gasteiger charge is 2.29. The van der Waals surface area contributed by atoms with Gasteiger partial charge in [-0.2, -0.15) is 5.10 Å². The quantitative estimate of drug-likeness (QED) is 0.709. The maximum atomic E-state index is 12.0. The largest absolute Gasteiger partial charge is 0.354 e. The second-order valence-electron chi connectivity index (χ2n) is 7.20. The number of carbonyl (C=O) groups is 1. The number of aryl methyl sites for hydroxylation is 1. The van der Waals surface area contributed by atoms with Gasteiger partial charge in [-0.3, -0.25) is 14.5 Å². The zero-order valence-corrected chi connectivity index (χ0v) is 15.2. The number of fused-ring (bicyclic) bond motifs is 1. The van der Waals surface area contributed by atoms with Gasteiger partial charge in [0.25, 0.3) is 0 Å². The smallest absolute Gasteiger partial charge is 0.227 e. The van der Waals surface area contributed by atoms with Crippen LogP contribution in [0.25, 0.3) is 10.9 Å². The molecule has 1 amide bonds. The highest BCUT2D eigenvalue weighted by molar-refractivity contribution is 5.95. The van der Waals surface area contributed by atoms with Gasteiger partial charge in [0.2, 0.25) is 5.91 Å². The summed E-state index contributed by atoms with van der Waals surface area (Å²) in [7, 11) is 0. The molecule has 0 spiro atoms. The van der Waals surface area contributed by atoms with Crippen molar-refractivity contribution in [3.8, 4) is 0 Å². The molecule has 2 aliphatic heterocycles. The lowest BCUT2D eigenvalue weighted by molar-refractivity contribution is -0.117. The lowest BCUT2D eigenvalue weighted by atomic mass is 10.2. The molecule has 2 fully saturated rings. The molecule has 0 aromatic carbocycles. The Morgan fingerprint density at radius 1 is 1.19 bits per heavy atom. The third kappa shape index (κ3) is 2.81. The Morgan fingerprint density at radius 3 is 2.96 bits per heavy atom. The van der Waals surface area contributed by atoms with Crippen molar-refractivity contribution in [2.75, 3.05) is 29.4 Å². The van der Waals surface area contributed by atoms with E-state index in [1.165, 1.54) is 0 Å². The monoisotopic (exact) mass is 363 g/mol. The van der Waals surface area contributed by atoms with Gasteiger partial charge < -0.3 is 9.80 Å². The molecule has 2 saturated heterocycles. The number of rotatable bonds is 3. The first-order valence-corrected chi connectivity index (χ1v) is 9.37. The van der Waals surface area contributed by atoms with Crippen molar-refractivity contribution in [1.82, 2.24) is 24.7 Å². The van der Waals surface area contributed by atoms with Gasteiger partial charge in [0.05, 0.1) is 29.6 Å². The van der Waals surface area contributed by atoms with Crippen molar-refractivity contribution >= 4 is 28.3 Å². The maximum Gasteiger partial charge on any atom is 0.227 e. The molecule has 8 nitrogen and oxygen atoms in total. The molecule has 0 radical (unpaired) electrons. The highest BCUT2D eigenvalue weighted by atomic mass is 16.2. The van der Waals surface area contributed by atoms with Gasteiger partial charge >= 0.3 is 0 Å². The Labute approximate surface area is 156 Å². The third-order valence-corrected chi connectivity index (χ3v) is 5.40. The van der Waals surface area contributed by atoms with Gasteiger partial charge in [0, 0.05) is 43.8 Å². The fourth-order valence-electron chi connectivity index (χ4n) is 4.06. The first-order valence-electron chi connectivity index (χ1n) is 9.37. The fourth-order valence-corrected chi connectivity index (χ4v) is 4.06. The first-order chi connectivity index (χ1) is 13.2. The number of amides is 1. The molecule has 1 unspecified atom stereocenters. The first kappa shape index (κ1) is 16.2. The van der Waals surface area contributed by atoms with Crippen LogP contribution in [0.5, 0.6) is 0 Å². The number of hydrogen-bond donors (Lipinski definition) is 0. The number of hydrogen-bond acceptors (Lipinski definition) is 6. The van der Waals surface area contributed by atoms with Crippen LogP contribution in [0, 0.1) is 6.92 Å². The van der Waals surface area contributed by atoms with Crippen LogP contribution in [0.1, 0.15) is 31.1 Å². The van der Waals surface area contributed by atoms with Gasteiger partial charge in [-0.05, 0) is 25.8 Å². The molecule has 1 atom stereocenters. The number of carbonyl (C=O) groups excluding carboxylic acids is 1. The molecular formula is C19H21N7O. The summed E-state index contributed by atoms with van der Waals surface area (Å²) in [5.41, 5.74) is 1.78.